The fourth-order valence-corrected chi connectivity index (χ4v) is 7.14. The lowest BCUT2D eigenvalue weighted by Gasteiger charge is -2.22. The Balaban J connectivity index is 0.00000562. The Morgan fingerprint density at radius 3 is 2.32 bits per heavy atom. The summed E-state index contributed by atoms with van der Waals surface area (Å²) in [6.45, 7) is 5.22. The van der Waals surface area contributed by atoms with E-state index < -0.39 is 24.0 Å². The fraction of sp³-hybridized carbons (Fsp3) is 0.314. The average Bonchev–Trinajstić information content (AvgIpc) is 3.82. The maximum Gasteiger partial charge on any atom is 0.325 e. The third kappa shape index (κ3) is 9.44. The van der Waals surface area contributed by atoms with Crippen LogP contribution in [0.25, 0.3) is 21.7 Å². The molecular formula is C35H35Cl2N7O4S2. The summed E-state index contributed by atoms with van der Waals surface area (Å²) in [6.07, 6.45) is 2.00. The Kier molecular flexibility index (Phi) is 13.9. The fourth-order valence-electron chi connectivity index (χ4n) is 5.21. The van der Waals surface area contributed by atoms with Crippen LogP contribution >= 0.6 is 47.1 Å². The number of benzene rings is 2. The summed E-state index contributed by atoms with van der Waals surface area (Å²) < 4.78 is 5.86. The minimum atomic E-state index is -1.11. The molecule has 2 aromatic carbocycles. The van der Waals surface area contributed by atoms with E-state index >= 15 is 0 Å². The van der Waals surface area contributed by atoms with E-state index in [-0.39, 0.29) is 19.0 Å². The summed E-state index contributed by atoms with van der Waals surface area (Å²) in [4.78, 5) is 35.0. The van der Waals surface area contributed by atoms with Crippen LogP contribution in [0.4, 0.5) is 5.82 Å². The van der Waals surface area contributed by atoms with Gasteiger partial charge in [0.15, 0.2) is 0 Å². The van der Waals surface area contributed by atoms with Gasteiger partial charge in [-0.1, -0.05) is 47.6 Å². The van der Waals surface area contributed by atoms with Crippen molar-refractivity contribution in [3.63, 3.8) is 0 Å². The second-order valence-electron chi connectivity index (χ2n) is 11.3. The molecule has 2 unspecified atom stereocenters. The van der Waals surface area contributed by atoms with Gasteiger partial charge in [-0.3, -0.25) is 9.59 Å². The van der Waals surface area contributed by atoms with Gasteiger partial charge >= 0.3 is 5.97 Å². The number of halogens is 2. The Morgan fingerprint density at radius 1 is 1.02 bits per heavy atom. The number of carbonyl (C=O) groups excluding carboxylic acids is 1. The van der Waals surface area contributed by atoms with Crippen LogP contribution in [0.1, 0.15) is 43.5 Å². The predicted molar refractivity (Wildman–Crippen MR) is 198 cm³/mol. The zero-order chi connectivity index (χ0) is 34.9. The van der Waals surface area contributed by atoms with Crippen LogP contribution < -0.4 is 20.3 Å². The Hall–Kier alpha value is -4.37. The molecule has 11 nitrogen and oxygen atoms in total. The first-order chi connectivity index (χ1) is 23.7. The molecule has 1 saturated heterocycles. The van der Waals surface area contributed by atoms with Crippen molar-refractivity contribution in [2.45, 2.75) is 49.6 Å². The number of aromatic nitrogens is 2. The van der Waals surface area contributed by atoms with Crippen molar-refractivity contribution in [3.8, 4) is 39.6 Å². The van der Waals surface area contributed by atoms with E-state index in [4.69, 9.17) is 31.4 Å². The molecule has 0 saturated carbocycles. The number of pyridine rings is 1. The molecule has 1 aliphatic rings. The van der Waals surface area contributed by atoms with Crippen LogP contribution in [0.5, 0.6) is 5.75 Å². The number of nitriles is 2. The predicted octanol–water partition coefficient (Wildman–Crippen LogP) is 6.53. The highest BCUT2D eigenvalue weighted by Gasteiger charge is 2.26. The quantitative estimate of drug-likeness (QED) is 0.0948. The summed E-state index contributed by atoms with van der Waals surface area (Å²) in [5.41, 5.74) is 3.77. The Morgan fingerprint density at radius 2 is 1.68 bits per heavy atom. The van der Waals surface area contributed by atoms with Crippen molar-refractivity contribution < 1.29 is 19.4 Å². The molecule has 0 bridgehead atoms. The number of thiazole rings is 1. The smallest absolute Gasteiger partial charge is 0.325 e. The summed E-state index contributed by atoms with van der Waals surface area (Å²) in [5, 5.41) is 39.3. The number of rotatable bonds is 14. The molecule has 260 valence electrons. The van der Waals surface area contributed by atoms with Gasteiger partial charge in [-0.25, -0.2) is 9.97 Å². The average molecular weight is 753 g/mol. The van der Waals surface area contributed by atoms with Crippen molar-refractivity contribution in [3.05, 3.63) is 75.8 Å². The van der Waals surface area contributed by atoms with E-state index in [1.165, 1.54) is 30.0 Å². The zero-order valence-electron chi connectivity index (χ0n) is 27.3. The third-order valence-electron chi connectivity index (χ3n) is 7.86. The summed E-state index contributed by atoms with van der Waals surface area (Å²) in [6, 6.07) is 17.8. The van der Waals surface area contributed by atoms with Gasteiger partial charge in [0.25, 0.3) is 0 Å². The van der Waals surface area contributed by atoms with Crippen LogP contribution in [0.2, 0.25) is 5.02 Å². The van der Waals surface area contributed by atoms with Crippen LogP contribution in [-0.4, -0.2) is 65.3 Å². The first-order valence-electron chi connectivity index (χ1n) is 15.6. The van der Waals surface area contributed by atoms with Gasteiger partial charge in [-0.15, -0.1) is 23.7 Å². The number of nitrogens with one attached hydrogen (secondary N) is 2. The van der Waals surface area contributed by atoms with E-state index in [2.05, 4.69) is 27.7 Å². The summed E-state index contributed by atoms with van der Waals surface area (Å²) in [5.74, 6) is 0.126. The SMILES string of the molecule is CC(NC(=O)C(C)NCCOc1ccc(-c2c(C#N)c(SCc3csc(-c4ccc(Cl)cc4)n3)nc(N3CCCC3)c2C#N)cc1)C(=O)O.Cl. The second-order valence-corrected chi connectivity index (χ2v) is 13.6. The number of thioether (sulfide) groups is 1. The van der Waals surface area contributed by atoms with Crippen molar-refractivity contribution in [1.29, 1.82) is 10.5 Å². The van der Waals surface area contributed by atoms with Gasteiger partial charge in [0.2, 0.25) is 5.91 Å². The number of hydrogen-bond acceptors (Lipinski definition) is 11. The van der Waals surface area contributed by atoms with E-state index in [1.54, 1.807) is 19.1 Å². The topological polar surface area (TPSA) is 164 Å². The molecule has 5 rings (SSSR count). The minimum absolute atomic E-state index is 0. The standard InChI is InChI=1S/C35H34ClN7O4S2.ClH/c1-21(32(44)40-22(2)35(45)46)39-13-16-47-27-11-7-23(8-12-27)30-28(17-37)31(43-14-3-4-15-43)42-34(29(30)18-38)49-20-26-19-48-33(41-26)24-5-9-25(36)10-6-24;/h5-12,19,21-22,39H,3-4,13-16,20H2,1-2H3,(H,40,44)(H,45,46);1H. The number of aliphatic carboxylic acids is 1. The minimum Gasteiger partial charge on any atom is -0.492 e. The lowest BCUT2D eigenvalue weighted by Crippen LogP contribution is -2.48. The molecule has 1 fully saturated rings. The van der Waals surface area contributed by atoms with Crippen LogP contribution in [-0.2, 0) is 15.3 Å². The molecule has 0 aliphatic carbocycles. The molecule has 3 N–H and O–H groups in total. The lowest BCUT2D eigenvalue weighted by molar-refractivity contribution is -0.141. The molecule has 15 heteroatoms. The number of carboxylic acid groups (broad SMARTS) is 1. The molecule has 2 aromatic heterocycles. The molecule has 4 aromatic rings. The second kappa shape index (κ2) is 18.0. The highest BCUT2D eigenvalue weighted by atomic mass is 35.5. The molecule has 0 radical (unpaired) electrons. The van der Waals surface area contributed by atoms with Crippen molar-refractivity contribution in [1.82, 2.24) is 20.6 Å². The summed E-state index contributed by atoms with van der Waals surface area (Å²) in [7, 11) is 0. The van der Waals surface area contributed by atoms with Crippen LogP contribution in [0.3, 0.4) is 0 Å². The molecular weight excluding hydrogens is 717 g/mol. The van der Waals surface area contributed by atoms with Gasteiger partial charge < -0.3 is 25.4 Å². The summed E-state index contributed by atoms with van der Waals surface area (Å²) >= 11 is 9.01. The highest BCUT2D eigenvalue weighted by molar-refractivity contribution is 7.98. The van der Waals surface area contributed by atoms with Gasteiger partial charge in [-0.05, 0) is 56.5 Å². The van der Waals surface area contributed by atoms with Crippen molar-refractivity contribution >= 4 is 64.8 Å². The first-order valence-corrected chi connectivity index (χ1v) is 17.9. The number of anilines is 1. The molecule has 1 aliphatic heterocycles. The normalized spacial score (nSPS) is 13.4. The maximum atomic E-state index is 12.2. The zero-order valence-corrected chi connectivity index (χ0v) is 30.5. The van der Waals surface area contributed by atoms with Crippen LogP contribution in [0, 0.1) is 22.7 Å². The Bertz CT molecular complexity index is 1890. The van der Waals surface area contributed by atoms with Crippen LogP contribution in [0.15, 0.2) is 58.9 Å². The Labute approximate surface area is 310 Å². The molecule has 3 heterocycles. The number of carbonyl (C=O) groups is 2. The van der Waals surface area contributed by atoms with E-state index in [1.807, 2.05) is 41.8 Å². The number of nitrogens with zero attached hydrogens (tertiary/aromatic N) is 5. The molecule has 0 spiro atoms. The van der Waals surface area contributed by atoms with E-state index in [9.17, 15) is 20.1 Å². The third-order valence-corrected chi connectivity index (χ3v) is 10.1. The highest BCUT2D eigenvalue weighted by Crippen LogP contribution is 2.40. The first kappa shape index (κ1) is 38.4. The van der Waals surface area contributed by atoms with Gasteiger partial charge in [0.1, 0.15) is 52.0 Å². The van der Waals surface area contributed by atoms with Crippen molar-refractivity contribution in [2.75, 3.05) is 31.1 Å². The molecule has 2 atom stereocenters. The van der Waals surface area contributed by atoms with Gasteiger partial charge in [0.05, 0.1) is 17.3 Å². The molecule has 1 amide bonds. The number of ether oxygens (including phenoxy) is 1. The van der Waals surface area contributed by atoms with Gasteiger partial charge in [-0.2, -0.15) is 10.5 Å². The number of carboxylic acids is 1. The number of amides is 1. The monoisotopic (exact) mass is 751 g/mol. The maximum absolute atomic E-state index is 12.2. The van der Waals surface area contributed by atoms with Crippen molar-refractivity contribution in [2.24, 2.45) is 0 Å². The lowest BCUT2D eigenvalue weighted by atomic mass is 9.96. The van der Waals surface area contributed by atoms with Gasteiger partial charge in [0, 0.05) is 46.9 Å². The molecule has 50 heavy (non-hydrogen) atoms. The van der Waals surface area contributed by atoms with E-state index in [0.29, 0.717) is 56.2 Å². The number of hydrogen-bond donors (Lipinski definition) is 3. The van der Waals surface area contributed by atoms with E-state index in [0.717, 1.165) is 42.2 Å². The largest absolute Gasteiger partial charge is 0.492 e.